The Morgan fingerprint density at radius 3 is 2.52 bits per heavy atom. The normalized spacial score (nSPS) is 15.3. The van der Waals surface area contributed by atoms with Crippen molar-refractivity contribution >= 4 is 11.9 Å². The van der Waals surface area contributed by atoms with Crippen molar-refractivity contribution in [3.8, 4) is 0 Å². The molecule has 1 aliphatic heterocycles. The second-order valence-electron chi connectivity index (χ2n) is 6.62. The third kappa shape index (κ3) is 4.92. The van der Waals surface area contributed by atoms with E-state index < -0.39 is 0 Å². The molecule has 1 amide bonds. The number of hydrogen-bond acceptors (Lipinski definition) is 4. The minimum atomic E-state index is -0.345. The zero-order chi connectivity index (χ0) is 19.2. The fraction of sp³-hybridized carbons (Fsp3) is 0.333. The lowest BCUT2D eigenvalue weighted by atomic mass is 10.1. The monoisotopic (exact) mass is 370 g/mol. The summed E-state index contributed by atoms with van der Waals surface area (Å²) in [5.74, 6) is -0.754. The van der Waals surface area contributed by atoms with E-state index in [1.54, 1.807) is 6.07 Å². The predicted molar refractivity (Wildman–Crippen MR) is 100.0 cm³/mol. The molecule has 3 rings (SSSR count). The Hall–Kier alpha value is -2.73. The first kappa shape index (κ1) is 19.0. The highest BCUT2D eigenvalue weighted by Crippen LogP contribution is 2.14. The highest BCUT2D eigenvalue weighted by molar-refractivity contribution is 5.94. The summed E-state index contributed by atoms with van der Waals surface area (Å²) < 4.78 is 17.8. The molecule has 0 unspecified atom stereocenters. The van der Waals surface area contributed by atoms with Crippen LogP contribution in [0.25, 0.3) is 0 Å². The van der Waals surface area contributed by atoms with Gasteiger partial charge in [-0.3, -0.25) is 9.69 Å². The van der Waals surface area contributed by atoms with E-state index in [4.69, 9.17) is 4.74 Å². The minimum absolute atomic E-state index is 0.0652. The number of carbonyl (C=O) groups is 2. The summed E-state index contributed by atoms with van der Waals surface area (Å²) in [5.41, 5.74) is 2.09. The van der Waals surface area contributed by atoms with Crippen molar-refractivity contribution in [3.63, 3.8) is 0 Å². The van der Waals surface area contributed by atoms with Crippen LogP contribution in [0.2, 0.25) is 0 Å². The third-order valence-electron chi connectivity index (χ3n) is 4.72. The summed E-state index contributed by atoms with van der Waals surface area (Å²) in [5, 5.41) is 0. The van der Waals surface area contributed by atoms with E-state index in [1.807, 2.05) is 23.1 Å². The highest BCUT2D eigenvalue weighted by atomic mass is 19.1. The van der Waals surface area contributed by atoms with Gasteiger partial charge in [0.15, 0.2) is 0 Å². The zero-order valence-electron chi connectivity index (χ0n) is 15.4. The molecule has 0 atom stereocenters. The molecule has 2 aromatic carbocycles. The van der Waals surface area contributed by atoms with Crippen LogP contribution in [0, 0.1) is 5.82 Å². The van der Waals surface area contributed by atoms with Gasteiger partial charge in [0, 0.05) is 38.3 Å². The van der Waals surface area contributed by atoms with Crippen molar-refractivity contribution in [3.05, 3.63) is 71.0 Å². The largest absolute Gasteiger partial charge is 0.465 e. The van der Waals surface area contributed by atoms with E-state index in [2.05, 4.69) is 4.90 Å². The first-order valence-electron chi connectivity index (χ1n) is 9.01. The van der Waals surface area contributed by atoms with Crippen LogP contribution in [0.4, 0.5) is 4.39 Å². The van der Waals surface area contributed by atoms with Gasteiger partial charge in [0.25, 0.3) is 5.91 Å². The molecule has 0 aromatic heterocycles. The maximum absolute atomic E-state index is 13.1. The summed E-state index contributed by atoms with van der Waals surface area (Å²) in [6, 6.07) is 13.1. The molecule has 0 N–H and O–H groups in total. The Kier molecular flexibility index (Phi) is 6.19. The van der Waals surface area contributed by atoms with E-state index in [0.29, 0.717) is 30.8 Å². The van der Waals surface area contributed by atoms with Crippen molar-refractivity contribution < 1.29 is 18.7 Å². The second-order valence-corrected chi connectivity index (χ2v) is 6.62. The number of amides is 1. The molecule has 5 nitrogen and oxygen atoms in total. The van der Waals surface area contributed by atoms with Gasteiger partial charge >= 0.3 is 5.97 Å². The van der Waals surface area contributed by atoms with Crippen molar-refractivity contribution in [2.45, 2.75) is 13.0 Å². The maximum Gasteiger partial charge on any atom is 0.337 e. The SMILES string of the molecule is COC(=O)c1cccc(CN2CCCN(C(=O)c3ccc(F)cc3)CC2)c1. The Bertz CT molecular complexity index is 807. The van der Waals surface area contributed by atoms with Crippen LogP contribution in [0.5, 0.6) is 0 Å². The van der Waals surface area contributed by atoms with Crippen molar-refractivity contribution in [1.82, 2.24) is 9.80 Å². The first-order chi connectivity index (χ1) is 13.1. The molecule has 1 saturated heterocycles. The highest BCUT2D eigenvalue weighted by Gasteiger charge is 2.20. The molecule has 0 spiro atoms. The number of ether oxygens (including phenoxy) is 1. The third-order valence-corrected chi connectivity index (χ3v) is 4.72. The number of benzene rings is 2. The molecule has 0 radical (unpaired) electrons. The van der Waals surface area contributed by atoms with Gasteiger partial charge in [0.2, 0.25) is 0 Å². The summed E-state index contributed by atoms with van der Waals surface area (Å²) in [6.45, 7) is 3.62. The van der Waals surface area contributed by atoms with Crippen LogP contribution in [-0.2, 0) is 11.3 Å². The number of carbonyl (C=O) groups excluding carboxylic acids is 2. The quantitative estimate of drug-likeness (QED) is 0.777. The number of methoxy groups -OCH3 is 1. The fourth-order valence-electron chi connectivity index (χ4n) is 3.28. The lowest BCUT2D eigenvalue weighted by Crippen LogP contribution is -2.35. The van der Waals surface area contributed by atoms with E-state index in [-0.39, 0.29) is 17.7 Å². The fourth-order valence-corrected chi connectivity index (χ4v) is 3.28. The molecule has 1 fully saturated rings. The number of rotatable bonds is 4. The maximum atomic E-state index is 13.1. The number of esters is 1. The number of halogens is 1. The molecule has 27 heavy (non-hydrogen) atoms. The Morgan fingerprint density at radius 1 is 1.00 bits per heavy atom. The summed E-state index contributed by atoms with van der Waals surface area (Å²) >= 11 is 0. The average Bonchev–Trinajstić information content (AvgIpc) is 2.93. The molecule has 142 valence electrons. The van der Waals surface area contributed by atoms with Gasteiger partial charge in [-0.25, -0.2) is 9.18 Å². The van der Waals surface area contributed by atoms with Crippen LogP contribution < -0.4 is 0 Å². The van der Waals surface area contributed by atoms with Gasteiger partial charge < -0.3 is 9.64 Å². The van der Waals surface area contributed by atoms with Gasteiger partial charge in [0.1, 0.15) is 5.82 Å². The lowest BCUT2D eigenvalue weighted by Gasteiger charge is -2.22. The smallest absolute Gasteiger partial charge is 0.337 e. The van der Waals surface area contributed by atoms with Crippen molar-refractivity contribution in [2.24, 2.45) is 0 Å². The van der Waals surface area contributed by atoms with E-state index in [0.717, 1.165) is 25.1 Å². The van der Waals surface area contributed by atoms with Crippen LogP contribution in [0.3, 0.4) is 0 Å². The van der Waals surface area contributed by atoms with Gasteiger partial charge in [-0.15, -0.1) is 0 Å². The number of nitrogens with zero attached hydrogens (tertiary/aromatic N) is 2. The zero-order valence-corrected chi connectivity index (χ0v) is 15.4. The van der Waals surface area contributed by atoms with Gasteiger partial charge in [0.05, 0.1) is 12.7 Å². The molecular weight excluding hydrogens is 347 g/mol. The van der Waals surface area contributed by atoms with E-state index in [1.165, 1.54) is 31.4 Å². The Morgan fingerprint density at radius 2 is 1.78 bits per heavy atom. The molecule has 6 heteroatoms. The summed E-state index contributed by atoms with van der Waals surface area (Å²) in [4.78, 5) is 28.4. The molecule has 0 saturated carbocycles. The van der Waals surface area contributed by atoms with Crippen LogP contribution >= 0.6 is 0 Å². The molecule has 0 bridgehead atoms. The molecule has 0 aliphatic carbocycles. The summed E-state index contributed by atoms with van der Waals surface area (Å²) in [6.07, 6.45) is 0.865. The van der Waals surface area contributed by atoms with Crippen LogP contribution in [0.15, 0.2) is 48.5 Å². The second kappa shape index (κ2) is 8.77. The number of hydrogen-bond donors (Lipinski definition) is 0. The topological polar surface area (TPSA) is 49.9 Å². The minimum Gasteiger partial charge on any atom is -0.465 e. The van der Waals surface area contributed by atoms with Crippen molar-refractivity contribution in [2.75, 3.05) is 33.3 Å². The predicted octanol–water partition coefficient (Wildman–Crippen LogP) is 2.96. The lowest BCUT2D eigenvalue weighted by molar-refractivity contribution is 0.0600. The van der Waals surface area contributed by atoms with Gasteiger partial charge in [-0.05, 0) is 48.4 Å². The van der Waals surface area contributed by atoms with Crippen LogP contribution in [0.1, 0.15) is 32.7 Å². The molecule has 1 aliphatic rings. The first-order valence-corrected chi connectivity index (χ1v) is 9.01. The Labute approximate surface area is 158 Å². The van der Waals surface area contributed by atoms with Crippen LogP contribution in [-0.4, -0.2) is 55.0 Å². The standard InChI is InChI=1S/C21H23FN2O3/c1-27-21(26)18-5-2-4-16(14-18)15-23-10-3-11-24(13-12-23)20(25)17-6-8-19(22)9-7-17/h2,4-9,14H,3,10-13,15H2,1H3. The van der Waals surface area contributed by atoms with Gasteiger partial charge in [-0.1, -0.05) is 12.1 Å². The molecular formula is C21H23FN2O3. The average molecular weight is 370 g/mol. The molecule has 2 aromatic rings. The molecule has 1 heterocycles. The Balaban J connectivity index is 1.61. The van der Waals surface area contributed by atoms with Gasteiger partial charge in [-0.2, -0.15) is 0 Å². The van der Waals surface area contributed by atoms with E-state index >= 15 is 0 Å². The van der Waals surface area contributed by atoms with Crippen molar-refractivity contribution in [1.29, 1.82) is 0 Å². The van der Waals surface area contributed by atoms with E-state index in [9.17, 15) is 14.0 Å². The summed E-state index contributed by atoms with van der Waals surface area (Å²) in [7, 11) is 1.37.